The number of carbonyl (C=O) groups excluding carboxylic acids is 1. The number of aliphatic hydroxyl groups excluding tert-OH is 1. The predicted octanol–water partition coefficient (Wildman–Crippen LogP) is 2.60. The van der Waals surface area contributed by atoms with E-state index in [1.165, 1.54) is 9.09 Å². The first-order valence-electron chi connectivity index (χ1n) is 6.58. The van der Waals surface area contributed by atoms with Crippen LogP contribution >= 0.6 is 23.1 Å². The number of rotatable bonds is 6. The van der Waals surface area contributed by atoms with Gasteiger partial charge in [0.25, 0.3) is 0 Å². The summed E-state index contributed by atoms with van der Waals surface area (Å²) in [5.41, 5.74) is 0.948. The molecule has 106 valence electrons. The van der Waals surface area contributed by atoms with Crippen LogP contribution in [0.3, 0.4) is 0 Å². The van der Waals surface area contributed by atoms with Gasteiger partial charge in [-0.3, -0.25) is 4.79 Å². The molecule has 0 bridgehead atoms. The SMILES string of the molecule is CCC(O)CCNC(C)c1cc2c(s1)SCC(=O)N2. The molecule has 0 saturated heterocycles. The van der Waals surface area contributed by atoms with E-state index in [2.05, 4.69) is 23.6 Å². The van der Waals surface area contributed by atoms with Crippen molar-refractivity contribution in [2.45, 2.75) is 43.0 Å². The zero-order valence-electron chi connectivity index (χ0n) is 11.2. The summed E-state index contributed by atoms with van der Waals surface area (Å²) in [6.07, 6.45) is 1.36. The fourth-order valence-electron chi connectivity index (χ4n) is 1.89. The van der Waals surface area contributed by atoms with E-state index in [1.807, 2.05) is 6.92 Å². The van der Waals surface area contributed by atoms with Crippen LogP contribution in [-0.2, 0) is 4.79 Å². The average molecular weight is 300 g/mol. The number of hydrogen-bond acceptors (Lipinski definition) is 5. The molecule has 1 aromatic rings. The van der Waals surface area contributed by atoms with Crippen molar-refractivity contribution in [3.63, 3.8) is 0 Å². The van der Waals surface area contributed by atoms with Gasteiger partial charge in [0.2, 0.25) is 5.91 Å². The summed E-state index contributed by atoms with van der Waals surface area (Å²) in [4.78, 5) is 12.5. The van der Waals surface area contributed by atoms with Gasteiger partial charge in [-0.1, -0.05) is 6.92 Å². The number of aliphatic hydroxyl groups is 1. The fraction of sp³-hybridized carbons (Fsp3) is 0.615. The lowest BCUT2D eigenvalue weighted by Crippen LogP contribution is -2.22. The molecule has 1 aliphatic heterocycles. The van der Waals surface area contributed by atoms with Crippen LogP contribution < -0.4 is 10.6 Å². The van der Waals surface area contributed by atoms with Crippen LogP contribution in [-0.4, -0.2) is 29.4 Å². The Bertz CT molecular complexity index is 448. The summed E-state index contributed by atoms with van der Waals surface area (Å²) >= 11 is 3.34. The molecule has 2 unspecified atom stereocenters. The second-order valence-electron chi connectivity index (χ2n) is 4.71. The number of fused-ring (bicyclic) bond motifs is 1. The molecule has 0 radical (unpaired) electrons. The Balaban J connectivity index is 1.89. The van der Waals surface area contributed by atoms with Gasteiger partial charge in [0, 0.05) is 10.9 Å². The van der Waals surface area contributed by atoms with E-state index in [1.54, 1.807) is 23.1 Å². The van der Waals surface area contributed by atoms with Crippen LogP contribution in [0.25, 0.3) is 0 Å². The highest BCUT2D eigenvalue weighted by Crippen LogP contribution is 2.40. The molecular weight excluding hydrogens is 280 g/mol. The molecule has 0 fully saturated rings. The minimum absolute atomic E-state index is 0.0773. The molecule has 19 heavy (non-hydrogen) atoms. The average Bonchev–Trinajstić information content (AvgIpc) is 2.81. The lowest BCUT2D eigenvalue weighted by Gasteiger charge is -2.13. The maximum absolute atomic E-state index is 11.3. The Morgan fingerprint density at radius 2 is 2.37 bits per heavy atom. The Kier molecular flexibility index (Phi) is 5.27. The smallest absolute Gasteiger partial charge is 0.234 e. The Morgan fingerprint density at radius 3 is 3.11 bits per heavy atom. The lowest BCUT2D eigenvalue weighted by atomic mass is 10.2. The predicted molar refractivity (Wildman–Crippen MR) is 81.0 cm³/mol. The first-order chi connectivity index (χ1) is 9.10. The van der Waals surface area contributed by atoms with Gasteiger partial charge in [-0.25, -0.2) is 0 Å². The maximum Gasteiger partial charge on any atom is 0.234 e. The summed E-state index contributed by atoms with van der Waals surface area (Å²) in [5.74, 6) is 0.589. The van der Waals surface area contributed by atoms with Gasteiger partial charge in [-0.15, -0.1) is 23.1 Å². The Labute approximate surface area is 122 Å². The van der Waals surface area contributed by atoms with Gasteiger partial charge in [-0.2, -0.15) is 0 Å². The van der Waals surface area contributed by atoms with Crippen molar-refractivity contribution in [2.75, 3.05) is 17.6 Å². The van der Waals surface area contributed by atoms with E-state index in [-0.39, 0.29) is 18.1 Å². The topological polar surface area (TPSA) is 61.4 Å². The van der Waals surface area contributed by atoms with Crippen LogP contribution in [0.15, 0.2) is 10.3 Å². The van der Waals surface area contributed by atoms with Crippen molar-refractivity contribution < 1.29 is 9.90 Å². The molecule has 6 heteroatoms. The van der Waals surface area contributed by atoms with Crippen LogP contribution in [0.4, 0.5) is 5.69 Å². The number of amides is 1. The molecule has 0 spiro atoms. The third kappa shape index (κ3) is 3.95. The first kappa shape index (κ1) is 14.8. The van der Waals surface area contributed by atoms with Gasteiger partial charge >= 0.3 is 0 Å². The summed E-state index contributed by atoms with van der Waals surface area (Å²) in [6.45, 7) is 4.90. The number of anilines is 1. The molecule has 4 nitrogen and oxygen atoms in total. The maximum atomic E-state index is 11.3. The highest BCUT2D eigenvalue weighted by molar-refractivity contribution is 8.02. The number of thiophene rings is 1. The van der Waals surface area contributed by atoms with E-state index in [0.29, 0.717) is 5.75 Å². The van der Waals surface area contributed by atoms with Crippen molar-refractivity contribution in [3.05, 3.63) is 10.9 Å². The quantitative estimate of drug-likeness (QED) is 0.756. The number of hydrogen-bond donors (Lipinski definition) is 3. The highest BCUT2D eigenvalue weighted by Gasteiger charge is 2.20. The van der Waals surface area contributed by atoms with Crippen LogP contribution in [0.5, 0.6) is 0 Å². The van der Waals surface area contributed by atoms with Crippen molar-refractivity contribution in [3.8, 4) is 0 Å². The first-order valence-corrected chi connectivity index (χ1v) is 8.38. The number of nitrogens with one attached hydrogen (secondary N) is 2. The van der Waals surface area contributed by atoms with Crippen molar-refractivity contribution in [1.29, 1.82) is 0 Å². The molecule has 2 heterocycles. The second kappa shape index (κ2) is 6.74. The zero-order chi connectivity index (χ0) is 13.8. The van der Waals surface area contributed by atoms with Gasteiger partial charge in [0.15, 0.2) is 0 Å². The van der Waals surface area contributed by atoms with Gasteiger partial charge in [-0.05, 0) is 32.4 Å². The second-order valence-corrected chi connectivity index (χ2v) is 7.04. The van der Waals surface area contributed by atoms with Crippen molar-refractivity contribution in [1.82, 2.24) is 5.32 Å². The summed E-state index contributed by atoms with van der Waals surface area (Å²) < 4.78 is 1.19. The molecule has 1 aliphatic rings. The number of thioether (sulfide) groups is 1. The molecule has 1 amide bonds. The standard InChI is InChI=1S/C13H20N2O2S2/c1-3-9(16)4-5-14-8(2)11-6-10-13(19-11)18-7-12(17)15-10/h6,8-9,14,16H,3-5,7H2,1-2H3,(H,15,17). The van der Waals surface area contributed by atoms with Gasteiger partial charge < -0.3 is 15.7 Å². The van der Waals surface area contributed by atoms with Crippen LogP contribution in [0.1, 0.15) is 37.6 Å². The Hall–Kier alpha value is -0.560. The van der Waals surface area contributed by atoms with Crippen molar-refractivity contribution in [2.24, 2.45) is 0 Å². The summed E-state index contributed by atoms with van der Waals surface area (Å²) in [7, 11) is 0. The van der Waals surface area contributed by atoms with E-state index < -0.39 is 0 Å². The molecule has 3 N–H and O–H groups in total. The largest absolute Gasteiger partial charge is 0.393 e. The van der Waals surface area contributed by atoms with Crippen molar-refractivity contribution >= 4 is 34.7 Å². The summed E-state index contributed by atoms with van der Waals surface area (Å²) in [6, 6.07) is 2.30. The highest BCUT2D eigenvalue weighted by atomic mass is 32.2. The van der Waals surface area contributed by atoms with Crippen LogP contribution in [0.2, 0.25) is 0 Å². The normalized spacial score (nSPS) is 17.7. The van der Waals surface area contributed by atoms with Gasteiger partial charge in [0.05, 0.1) is 21.8 Å². The van der Waals surface area contributed by atoms with Crippen LogP contribution in [0, 0.1) is 0 Å². The van der Waals surface area contributed by atoms with E-state index in [9.17, 15) is 9.90 Å². The third-order valence-electron chi connectivity index (χ3n) is 3.15. The minimum atomic E-state index is -0.217. The molecule has 0 saturated carbocycles. The molecule has 0 aliphatic carbocycles. The van der Waals surface area contributed by atoms with Gasteiger partial charge in [0.1, 0.15) is 0 Å². The molecular formula is C13H20N2O2S2. The summed E-state index contributed by atoms with van der Waals surface area (Å²) in [5, 5.41) is 15.8. The number of carbonyl (C=O) groups is 1. The minimum Gasteiger partial charge on any atom is -0.393 e. The zero-order valence-corrected chi connectivity index (χ0v) is 12.9. The molecule has 2 rings (SSSR count). The fourth-order valence-corrected chi connectivity index (χ4v) is 4.06. The molecule has 1 aromatic heterocycles. The van der Waals surface area contributed by atoms with E-state index >= 15 is 0 Å². The monoisotopic (exact) mass is 300 g/mol. The lowest BCUT2D eigenvalue weighted by molar-refractivity contribution is -0.113. The van der Waals surface area contributed by atoms with E-state index in [0.717, 1.165) is 25.1 Å². The van der Waals surface area contributed by atoms with E-state index in [4.69, 9.17) is 0 Å². The molecule has 0 aromatic carbocycles. The molecule has 2 atom stereocenters. The Morgan fingerprint density at radius 1 is 1.58 bits per heavy atom. The third-order valence-corrected chi connectivity index (χ3v) is 5.76.